The Bertz CT molecular complexity index is 545. The van der Waals surface area contributed by atoms with Gasteiger partial charge < -0.3 is 0 Å². The van der Waals surface area contributed by atoms with Gasteiger partial charge in [-0.05, 0) is 48.7 Å². The quantitative estimate of drug-likeness (QED) is 0.487. The summed E-state index contributed by atoms with van der Waals surface area (Å²) in [6.07, 6.45) is 0.794. The number of hydrogen-bond acceptors (Lipinski definition) is 3. The maximum atomic E-state index is 13.1. The van der Waals surface area contributed by atoms with Crippen molar-refractivity contribution in [1.29, 1.82) is 0 Å². The zero-order chi connectivity index (χ0) is 14.4. The van der Waals surface area contributed by atoms with Crippen molar-refractivity contribution in [3.8, 4) is 0 Å². The highest BCUT2D eigenvalue weighted by molar-refractivity contribution is 7.99. The molecule has 0 spiro atoms. The molecular formula is C16H19FN2S. The summed E-state index contributed by atoms with van der Waals surface area (Å²) in [5.74, 6) is 6.31. The SMILES string of the molecule is Cc1cc(F)ccc1CC(CSc1ccccc1)NN. The van der Waals surface area contributed by atoms with Crippen LogP contribution in [0.3, 0.4) is 0 Å². The van der Waals surface area contributed by atoms with Gasteiger partial charge in [0.1, 0.15) is 5.82 Å². The lowest BCUT2D eigenvalue weighted by atomic mass is 10.0. The second kappa shape index (κ2) is 7.43. The lowest BCUT2D eigenvalue weighted by molar-refractivity contribution is 0.572. The van der Waals surface area contributed by atoms with Crippen molar-refractivity contribution in [2.75, 3.05) is 5.75 Å². The van der Waals surface area contributed by atoms with Crippen LogP contribution < -0.4 is 11.3 Å². The van der Waals surface area contributed by atoms with E-state index in [9.17, 15) is 4.39 Å². The normalized spacial score (nSPS) is 12.3. The molecule has 20 heavy (non-hydrogen) atoms. The van der Waals surface area contributed by atoms with Gasteiger partial charge in [-0.1, -0.05) is 24.3 Å². The number of nitrogens with one attached hydrogen (secondary N) is 1. The Morgan fingerprint density at radius 2 is 1.95 bits per heavy atom. The molecule has 0 bridgehead atoms. The average molecular weight is 290 g/mol. The molecule has 0 aliphatic carbocycles. The molecule has 4 heteroatoms. The first-order valence-corrected chi connectivity index (χ1v) is 7.56. The van der Waals surface area contributed by atoms with E-state index >= 15 is 0 Å². The van der Waals surface area contributed by atoms with Crippen LogP contribution in [0.2, 0.25) is 0 Å². The van der Waals surface area contributed by atoms with Gasteiger partial charge in [-0.2, -0.15) is 0 Å². The molecule has 1 atom stereocenters. The average Bonchev–Trinajstić information content (AvgIpc) is 2.46. The maximum absolute atomic E-state index is 13.1. The molecule has 0 fully saturated rings. The van der Waals surface area contributed by atoms with Crippen LogP contribution in [0.25, 0.3) is 0 Å². The van der Waals surface area contributed by atoms with Crippen molar-refractivity contribution in [2.45, 2.75) is 24.3 Å². The molecule has 0 amide bonds. The highest BCUT2D eigenvalue weighted by Crippen LogP contribution is 2.20. The first-order valence-electron chi connectivity index (χ1n) is 6.58. The van der Waals surface area contributed by atoms with Crippen LogP contribution >= 0.6 is 11.8 Å². The largest absolute Gasteiger partial charge is 0.271 e. The van der Waals surface area contributed by atoms with Crippen LogP contribution in [-0.4, -0.2) is 11.8 Å². The van der Waals surface area contributed by atoms with E-state index in [1.54, 1.807) is 17.8 Å². The smallest absolute Gasteiger partial charge is 0.123 e. The van der Waals surface area contributed by atoms with Crippen LogP contribution in [0.5, 0.6) is 0 Å². The number of hydrazine groups is 1. The fourth-order valence-corrected chi connectivity index (χ4v) is 2.99. The van der Waals surface area contributed by atoms with Gasteiger partial charge in [0, 0.05) is 16.7 Å². The minimum atomic E-state index is -0.192. The minimum absolute atomic E-state index is 0.157. The number of aryl methyl sites for hydroxylation is 1. The van der Waals surface area contributed by atoms with E-state index in [2.05, 4.69) is 17.6 Å². The summed E-state index contributed by atoms with van der Waals surface area (Å²) in [6, 6.07) is 15.3. The zero-order valence-corrected chi connectivity index (χ0v) is 12.3. The molecule has 3 N–H and O–H groups in total. The van der Waals surface area contributed by atoms with Crippen molar-refractivity contribution in [1.82, 2.24) is 5.43 Å². The predicted molar refractivity (Wildman–Crippen MR) is 83.1 cm³/mol. The Kier molecular flexibility index (Phi) is 5.59. The standard InChI is InChI=1S/C16H19FN2S/c1-12-9-14(17)8-7-13(12)10-15(19-18)11-20-16-5-3-2-4-6-16/h2-9,15,19H,10-11,18H2,1H3. The number of thioether (sulfide) groups is 1. The number of rotatable bonds is 6. The summed E-state index contributed by atoms with van der Waals surface area (Å²) < 4.78 is 13.1. The highest BCUT2D eigenvalue weighted by Gasteiger charge is 2.10. The molecule has 106 valence electrons. The first-order chi connectivity index (χ1) is 9.69. The summed E-state index contributed by atoms with van der Waals surface area (Å²) in [4.78, 5) is 1.23. The van der Waals surface area contributed by atoms with Crippen LogP contribution in [0.1, 0.15) is 11.1 Å². The number of halogens is 1. The van der Waals surface area contributed by atoms with E-state index in [-0.39, 0.29) is 11.9 Å². The lowest BCUT2D eigenvalue weighted by Crippen LogP contribution is -2.38. The minimum Gasteiger partial charge on any atom is -0.271 e. The molecule has 0 aliphatic rings. The number of benzene rings is 2. The van der Waals surface area contributed by atoms with Gasteiger partial charge >= 0.3 is 0 Å². The van der Waals surface area contributed by atoms with E-state index < -0.39 is 0 Å². The molecule has 2 aromatic rings. The number of nitrogens with two attached hydrogens (primary N) is 1. The van der Waals surface area contributed by atoms with Gasteiger partial charge in [0.05, 0.1) is 0 Å². The van der Waals surface area contributed by atoms with E-state index in [4.69, 9.17) is 5.84 Å². The molecule has 0 radical (unpaired) electrons. The summed E-state index contributed by atoms with van der Waals surface area (Å²) in [5, 5.41) is 0. The Balaban J connectivity index is 1.95. The highest BCUT2D eigenvalue weighted by atomic mass is 32.2. The fourth-order valence-electron chi connectivity index (χ4n) is 2.03. The molecule has 2 rings (SSSR count). The monoisotopic (exact) mass is 290 g/mol. The van der Waals surface area contributed by atoms with Crippen LogP contribution in [0.4, 0.5) is 4.39 Å². The number of hydrogen-bond donors (Lipinski definition) is 2. The Hall–Kier alpha value is -1.36. The topological polar surface area (TPSA) is 38.0 Å². The molecule has 0 aromatic heterocycles. The van der Waals surface area contributed by atoms with E-state index in [1.165, 1.54) is 11.0 Å². The molecule has 2 nitrogen and oxygen atoms in total. The Morgan fingerprint density at radius 3 is 2.60 bits per heavy atom. The van der Waals surface area contributed by atoms with E-state index in [1.807, 2.05) is 31.2 Å². The van der Waals surface area contributed by atoms with E-state index in [0.717, 1.165) is 23.3 Å². The van der Waals surface area contributed by atoms with Crippen LogP contribution in [0.15, 0.2) is 53.4 Å². The van der Waals surface area contributed by atoms with E-state index in [0.29, 0.717) is 0 Å². The second-order valence-electron chi connectivity index (χ2n) is 4.76. The third kappa shape index (κ3) is 4.34. The van der Waals surface area contributed by atoms with Crippen LogP contribution in [0, 0.1) is 12.7 Å². The van der Waals surface area contributed by atoms with Gasteiger partial charge in [-0.3, -0.25) is 11.3 Å². The molecule has 0 heterocycles. The summed E-state index contributed by atoms with van der Waals surface area (Å²) in [6.45, 7) is 1.93. The van der Waals surface area contributed by atoms with Crippen molar-refractivity contribution in [3.63, 3.8) is 0 Å². The Morgan fingerprint density at radius 1 is 1.20 bits per heavy atom. The van der Waals surface area contributed by atoms with Gasteiger partial charge in [-0.15, -0.1) is 11.8 Å². The van der Waals surface area contributed by atoms with Crippen LogP contribution in [-0.2, 0) is 6.42 Å². The van der Waals surface area contributed by atoms with Crippen molar-refractivity contribution in [3.05, 3.63) is 65.5 Å². The molecular weight excluding hydrogens is 271 g/mol. The van der Waals surface area contributed by atoms with Crippen molar-refractivity contribution >= 4 is 11.8 Å². The molecule has 0 aliphatic heterocycles. The predicted octanol–water partition coefficient (Wildman–Crippen LogP) is 3.30. The third-order valence-corrected chi connectivity index (χ3v) is 4.38. The third-order valence-electron chi connectivity index (χ3n) is 3.20. The molecule has 2 aromatic carbocycles. The fraction of sp³-hybridized carbons (Fsp3) is 0.250. The maximum Gasteiger partial charge on any atom is 0.123 e. The molecule has 0 saturated heterocycles. The lowest BCUT2D eigenvalue weighted by Gasteiger charge is -2.17. The molecule has 0 saturated carbocycles. The van der Waals surface area contributed by atoms with Gasteiger partial charge in [0.2, 0.25) is 0 Å². The second-order valence-corrected chi connectivity index (χ2v) is 5.86. The first kappa shape index (κ1) is 15.0. The van der Waals surface area contributed by atoms with Crippen molar-refractivity contribution in [2.24, 2.45) is 5.84 Å². The summed E-state index contributed by atoms with van der Waals surface area (Å²) in [7, 11) is 0. The van der Waals surface area contributed by atoms with Gasteiger partial charge in [0.15, 0.2) is 0 Å². The van der Waals surface area contributed by atoms with Gasteiger partial charge in [0.25, 0.3) is 0 Å². The zero-order valence-electron chi connectivity index (χ0n) is 11.5. The summed E-state index contributed by atoms with van der Waals surface area (Å²) in [5.41, 5.74) is 4.94. The Labute approximate surface area is 123 Å². The summed E-state index contributed by atoms with van der Waals surface area (Å²) >= 11 is 1.76. The van der Waals surface area contributed by atoms with Crippen molar-refractivity contribution < 1.29 is 4.39 Å². The van der Waals surface area contributed by atoms with Gasteiger partial charge in [-0.25, -0.2) is 4.39 Å². The molecule has 1 unspecified atom stereocenters.